The summed E-state index contributed by atoms with van der Waals surface area (Å²) in [6, 6.07) is 16.1. The molecule has 0 saturated carbocycles. The summed E-state index contributed by atoms with van der Waals surface area (Å²) in [5, 5.41) is 8.86. The number of rotatable bonds is 9. The maximum absolute atomic E-state index is 12.5. The average molecular weight is 432 g/mol. The molecule has 1 atom stereocenters. The smallest absolute Gasteiger partial charge is 0.325 e. The van der Waals surface area contributed by atoms with E-state index >= 15 is 0 Å². The summed E-state index contributed by atoms with van der Waals surface area (Å²) in [6.07, 6.45) is 2.09. The lowest BCUT2D eigenvalue weighted by Crippen LogP contribution is -2.37. The van der Waals surface area contributed by atoms with Gasteiger partial charge in [0.15, 0.2) is 0 Å². The summed E-state index contributed by atoms with van der Waals surface area (Å²) in [4.78, 5) is 32.5. The molecule has 1 unspecified atom stereocenters. The third kappa shape index (κ3) is 6.54. The number of amides is 1. The SMILES string of the molecule is Bc1cnc(Nc2cccc(NC(=O)C(N)Cc3ccccc3)c2)nc1NCC(=O)OC. The number of nitrogens with two attached hydrogens (primary N) is 1. The predicted molar refractivity (Wildman–Crippen MR) is 127 cm³/mol. The number of esters is 1. The Morgan fingerprint density at radius 1 is 1.12 bits per heavy atom. The van der Waals surface area contributed by atoms with Crippen LogP contribution in [0.1, 0.15) is 5.56 Å². The molecule has 10 heteroatoms. The Hall–Kier alpha value is -3.92. The van der Waals surface area contributed by atoms with Crippen LogP contribution in [0.5, 0.6) is 0 Å². The van der Waals surface area contributed by atoms with Crippen LogP contribution >= 0.6 is 0 Å². The van der Waals surface area contributed by atoms with Crippen LogP contribution in [0.2, 0.25) is 0 Å². The minimum Gasteiger partial charge on any atom is -0.468 e. The predicted octanol–water partition coefficient (Wildman–Crippen LogP) is 0.572. The molecule has 0 bridgehead atoms. The van der Waals surface area contributed by atoms with Gasteiger partial charge < -0.3 is 26.4 Å². The summed E-state index contributed by atoms with van der Waals surface area (Å²) in [5.41, 5.74) is 9.13. The molecule has 1 amide bonds. The summed E-state index contributed by atoms with van der Waals surface area (Å²) < 4.78 is 4.63. The highest BCUT2D eigenvalue weighted by Gasteiger charge is 2.14. The van der Waals surface area contributed by atoms with Gasteiger partial charge in [-0.2, -0.15) is 4.98 Å². The van der Waals surface area contributed by atoms with Crippen molar-refractivity contribution in [2.75, 3.05) is 29.6 Å². The maximum Gasteiger partial charge on any atom is 0.325 e. The van der Waals surface area contributed by atoms with E-state index in [1.807, 2.05) is 44.2 Å². The summed E-state index contributed by atoms with van der Waals surface area (Å²) >= 11 is 0. The quantitative estimate of drug-likeness (QED) is 0.285. The monoisotopic (exact) mass is 432 g/mol. The molecule has 0 saturated heterocycles. The molecular weight excluding hydrogens is 407 g/mol. The number of carbonyl (C=O) groups excluding carboxylic acids is 2. The van der Waals surface area contributed by atoms with E-state index in [1.54, 1.807) is 24.4 Å². The lowest BCUT2D eigenvalue weighted by atomic mass is 9.99. The van der Waals surface area contributed by atoms with Gasteiger partial charge in [0.1, 0.15) is 20.2 Å². The Kier molecular flexibility index (Phi) is 7.77. The largest absolute Gasteiger partial charge is 0.468 e. The molecule has 3 rings (SSSR count). The van der Waals surface area contributed by atoms with Crippen LogP contribution in [0.4, 0.5) is 23.1 Å². The first kappa shape index (κ1) is 22.8. The van der Waals surface area contributed by atoms with Crippen LogP contribution in [-0.4, -0.2) is 49.4 Å². The van der Waals surface area contributed by atoms with E-state index in [0.29, 0.717) is 29.6 Å². The highest BCUT2D eigenvalue weighted by molar-refractivity contribution is 6.35. The summed E-state index contributed by atoms with van der Waals surface area (Å²) in [7, 11) is 3.16. The first-order valence-corrected chi connectivity index (χ1v) is 10.1. The highest BCUT2D eigenvalue weighted by Crippen LogP contribution is 2.19. The van der Waals surface area contributed by atoms with Crippen LogP contribution < -0.4 is 27.1 Å². The second-order valence-electron chi connectivity index (χ2n) is 7.15. The van der Waals surface area contributed by atoms with Gasteiger partial charge in [0, 0.05) is 17.6 Å². The number of hydrogen-bond donors (Lipinski definition) is 4. The van der Waals surface area contributed by atoms with E-state index in [2.05, 4.69) is 30.7 Å². The normalized spacial score (nSPS) is 11.3. The standard InChI is InChI=1S/C22H25BN6O3/c1-32-19(30)13-25-20-17(23)12-26-22(29-20)28-16-9-5-8-15(11-16)27-21(31)18(24)10-14-6-3-2-4-7-14/h2-9,11-12,18H,10,13,23-24H2,1H3,(H,27,31)(H2,25,26,28,29). The minimum atomic E-state index is -0.669. The van der Waals surface area contributed by atoms with E-state index < -0.39 is 12.0 Å². The van der Waals surface area contributed by atoms with Crippen LogP contribution in [0, 0.1) is 0 Å². The average Bonchev–Trinajstić information content (AvgIpc) is 2.80. The van der Waals surface area contributed by atoms with Gasteiger partial charge in [-0.05, 0) is 35.6 Å². The molecule has 1 aromatic heterocycles. The second kappa shape index (κ2) is 10.9. The molecule has 3 aromatic rings. The number of anilines is 4. The van der Waals surface area contributed by atoms with E-state index in [9.17, 15) is 9.59 Å². The Labute approximate surface area is 187 Å². The van der Waals surface area contributed by atoms with Crippen molar-refractivity contribution < 1.29 is 14.3 Å². The second-order valence-corrected chi connectivity index (χ2v) is 7.15. The summed E-state index contributed by atoms with van der Waals surface area (Å²) in [6.45, 7) is -0.00144. The van der Waals surface area contributed by atoms with Gasteiger partial charge in [-0.15, -0.1) is 0 Å². The first-order chi connectivity index (χ1) is 15.4. The van der Waals surface area contributed by atoms with Crippen LogP contribution in [-0.2, 0) is 20.7 Å². The fourth-order valence-electron chi connectivity index (χ4n) is 2.91. The maximum atomic E-state index is 12.5. The highest BCUT2D eigenvalue weighted by atomic mass is 16.5. The fraction of sp³-hybridized carbons (Fsp3) is 0.182. The molecule has 5 N–H and O–H groups in total. The molecule has 0 aliphatic heterocycles. The zero-order chi connectivity index (χ0) is 22.9. The number of aromatic nitrogens is 2. The molecule has 164 valence electrons. The van der Waals surface area contributed by atoms with Crippen molar-refractivity contribution in [1.82, 2.24) is 9.97 Å². The Balaban J connectivity index is 1.63. The molecule has 0 fully saturated rings. The van der Waals surface area contributed by atoms with Crippen molar-refractivity contribution in [1.29, 1.82) is 0 Å². The topological polar surface area (TPSA) is 131 Å². The van der Waals surface area contributed by atoms with Crippen molar-refractivity contribution in [3.63, 3.8) is 0 Å². The van der Waals surface area contributed by atoms with Crippen LogP contribution in [0.25, 0.3) is 0 Å². The molecule has 2 aromatic carbocycles. The zero-order valence-corrected chi connectivity index (χ0v) is 18.0. The van der Waals surface area contributed by atoms with Crippen molar-refractivity contribution in [2.45, 2.75) is 12.5 Å². The van der Waals surface area contributed by atoms with E-state index in [0.717, 1.165) is 11.0 Å². The van der Waals surface area contributed by atoms with Gasteiger partial charge in [0.05, 0.1) is 13.2 Å². The van der Waals surface area contributed by atoms with E-state index in [-0.39, 0.29) is 12.5 Å². The Morgan fingerprint density at radius 2 is 1.88 bits per heavy atom. The number of hydrogen-bond acceptors (Lipinski definition) is 8. The Bertz CT molecular complexity index is 1080. The molecule has 0 radical (unpaired) electrons. The van der Waals surface area contributed by atoms with Gasteiger partial charge >= 0.3 is 5.97 Å². The van der Waals surface area contributed by atoms with E-state index in [4.69, 9.17) is 5.73 Å². The number of methoxy groups -OCH3 is 1. The molecule has 0 spiro atoms. The van der Waals surface area contributed by atoms with E-state index in [1.165, 1.54) is 7.11 Å². The number of nitrogens with one attached hydrogen (secondary N) is 3. The van der Waals surface area contributed by atoms with Gasteiger partial charge in [0.2, 0.25) is 11.9 Å². The fourth-order valence-corrected chi connectivity index (χ4v) is 2.91. The molecular formula is C22H25BN6O3. The molecule has 0 aliphatic carbocycles. The summed E-state index contributed by atoms with van der Waals surface area (Å²) in [5.74, 6) is 0.190. The lowest BCUT2D eigenvalue weighted by molar-refractivity contribution is -0.138. The number of ether oxygens (including phenoxy) is 1. The Morgan fingerprint density at radius 3 is 2.62 bits per heavy atom. The zero-order valence-electron chi connectivity index (χ0n) is 18.0. The number of benzene rings is 2. The lowest BCUT2D eigenvalue weighted by Gasteiger charge is -2.14. The van der Waals surface area contributed by atoms with Crippen molar-refractivity contribution in [2.24, 2.45) is 5.73 Å². The van der Waals surface area contributed by atoms with Gasteiger partial charge in [-0.1, -0.05) is 36.4 Å². The van der Waals surface area contributed by atoms with Crippen LogP contribution in [0.15, 0.2) is 60.8 Å². The first-order valence-electron chi connectivity index (χ1n) is 10.1. The number of carbonyl (C=O) groups is 2. The molecule has 0 aliphatic rings. The minimum absolute atomic E-state index is 0.00144. The molecule has 1 heterocycles. The third-order valence-electron chi connectivity index (χ3n) is 4.62. The van der Waals surface area contributed by atoms with Gasteiger partial charge in [-0.25, -0.2) is 4.98 Å². The third-order valence-corrected chi connectivity index (χ3v) is 4.62. The number of nitrogens with zero attached hydrogens (tertiary/aromatic N) is 2. The molecule has 9 nitrogen and oxygen atoms in total. The van der Waals surface area contributed by atoms with Gasteiger partial charge in [0.25, 0.3) is 0 Å². The van der Waals surface area contributed by atoms with Crippen molar-refractivity contribution >= 4 is 48.3 Å². The van der Waals surface area contributed by atoms with Gasteiger partial charge in [-0.3, -0.25) is 9.59 Å². The van der Waals surface area contributed by atoms with Crippen LogP contribution in [0.3, 0.4) is 0 Å². The molecule has 32 heavy (non-hydrogen) atoms. The van der Waals surface area contributed by atoms with Crippen molar-refractivity contribution in [3.05, 3.63) is 66.4 Å². The van der Waals surface area contributed by atoms with Crippen molar-refractivity contribution in [3.8, 4) is 0 Å².